The number of carbonyl (C=O) groups is 2. The van der Waals surface area contributed by atoms with Crippen molar-refractivity contribution in [3.63, 3.8) is 0 Å². The molecule has 33 heavy (non-hydrogen) atoms. The van der Waals surface area contributed by atoms with Crippen molar-refractivity contribution < 1.29 is 14.3 Å². The van der Waals surface area contributed by atoms with Gasteiger partial charge in [-0.2, -0.15) is 5.26 Å². The van der Waals surface area contributed by atoms with Gasteiger partial charge in [0.15, 0.2) is 0 Å². The molecule has 4 rings (SSSR count). The van der Waals surface area contributed by atoms with Gasteiger partial charge in [-0.15, -0.1) is 0 Å². The Labute approximate surface area is 196 Å². The summed E-state index contributed by atoms with van der Waals surface area (Å²) in [5.41, 5.74) is 9.32. The average Bonchev–Trinajstić information content (AvgIpc) is 3.50. The first-order valence-electron chi connectivity index (χ1n) is 12.3. The van der Waals surface area contributed by atoms with E-state index in [-0.39, 0.29) is 23.8 Å². The molecule has 0 spiro atoms. The van der Waals surface area contributed by atoms with E-state index < -0.39 is 5.92 Å². The maximum Gasteiger partial charge on any atom is 0.226 e. The minimum Gasteiger partial charge on any atom is -0.381 e. The van der Waals surface area contributed by atoms with Crippen LogP contribution in [0.15, 0.2) is 12.1 Å². The van der Waals surface area contributed by atoms with Crippen LogP contribution in [0.2, 0.25) is 0 Å². The number of nitrogens with two attached hydrogens (primary N) is 1. The second-order valence-corrected chi connectivity index (χ2v) is 10.1. The number of benzene rings is 1. The normalized spacial score (nSPS) is 25.2. The molecule has 178 valence electrons. The smallest absolute Gasteiger partial charge is 0.226 e. The molecule has 0 radical (unpaired) electrons. The Morgan fingerprint density at radius 3 is 2.61 bits per heavy atom. The monoisotopic (exact) mass is 452 g/mol. The molecule has 1 saturated carbocycles. The van der Waals surface area contributed by atoms with E-state index in [1.807, 2.05) is 19.1 Å². The van der Waals surface area contributed by atoms with Crippen LogP contribution in [-0.2, 0) is 20.9 Å². The topological polar surface area (TPSA) is 99.7 Å². The molecule has 1 aromatic rings. The molecule has 7 heteroatoms. The summed E-state index contributed by atoms with van der Waals surface area (Å²) >= 11 is 0. The van der Waals surface area contributed by atoms with Crippen LogP contribution in [0.3, 0.4) is 0 Å². The number of piperazine rings is 1. The van der Waals surface area contributed by atoms with E-state index in [1.54, 1.807) is 0 Å². The quantitative estimate of drug-likeness (QED) is 0.715. The lowest BCUT2D eigenvalue weighted by atomic mass is 9.81. The van der Waals surface area contributed by atoms with Crippen LogP contribution in [0.25, 0.3) is 0 Å². The number of hydrogen-bond acceptors (Lipinski definition) is 5. The van der Waals surface area contributed by atoms with E-state index in [2.05, 4.69) is 22.8 Å². The third-order valence-electron chi connectivity index (χ3n) is 7.86. The predicted octanol–water partition coefficient (Wildman–Crippen LogP) is 2.70. The van der Waals surface area contributed by atoms with Gasteiger partial charge in [0.2, 0.25) is 11.8 Å². The van der Waals surface area contributed by atoms with Gasteiger partial charge in [-0.05, 0) is 61.9 Å². The first-order valence-corrected chi connectivity index (χ1v) is 12.3. The zero-order valence-electron chi connectivity index (χ0n) is 19.9. The van der Waals surface area contributed by atoms with Crippen molar-refractivity contribution in [3.8, 4) is 6.07 Å². The Bertz CT molecular complexity index is 928. The lowest BCUT2D eigenvalue weighted by Crippen LogP contribution is -2.54. The van der Waals surface area contributed by atoms with Crippen LogP contribution in [0, 0.1) is 30.1 Å². The zero-order valence-corrected chi connectivity index (χ0v) is 19.9. The van der Waals surface area contributed by atoms with Crippen molar-refractivity contribution >= 4 is 11.8 Å². The summed E-state index contributed by atoms with van der Waals surface area (Å²) in [5.74, 6) is -0.219. The van der Waals surface area contributed by atoms with Crippen molar-refractivity contribution in [1.82, 2.24) is 9.80 Å². The number of nitriles is 1. The maximum absolute atomic E-state index is 12.9. The van der Waals surface area contributed by atoms with Crippen molar-refractivity contribution in [2.45, 2.75) is 64.5 Å². The van der Waals surface area contributed by atoms with E-state index >= 15 is 0 Å². The Balaban J connectivity index is 1.51. The molecule has 1 aliphatic carbocycles. The molecule has 2 N–H and O–H groups in total. The maximum atomic E-state index is 12.9. The van der Waals surface area contributed by atoms with Gasteiger partial charge < -0.3 is 15.4 Å². The molecule has 2 aliphatic heterocycles. The second kappa shape index (κ2) is 10.2. The van der Waals surface area contributed by atoms with E-state index in [0.717, 1.165) is 55.6 Å². The number of hydrogen-bond donors (Lipinski definition) is 1. The first-order chi connectivity index (χ1) is 15.9. The highest BCUT2D eigenvalue weighted by molar-refractivity contribution is 5.83. The molecule has 0 aromatic heterocycles. The highest BCUT2D eigenvalue weighted by Crippen LogP contribution is 2.35. The highest BCUT2D eigenvalue weighted by atomic mass is 16.5. The fraction of sp³-hybridized carbons (Fsp3) is 0.654. The summed E-state index contributed by atoms with van der Waals surface area (Å²) in [4.78, 5) is 29.8. The molecule has 2 amide bonds. The molecule has 2 heterocycles. The SMILES string of the molecule is Cc1c(CN2CCN(C(=O)C3CCCC3)[C@@H](C)C2)cc(C#N)cc1C(C(N)=O)C1CCOC1. The summed E-state index contributed by atoms with van der Waals surface area (Å²) in [6.07, 6.45) is 5.19. The standard InChI is InChI=1S/C26H36N4O3/c1-17-14-29(8-9-30(17)26(32)20-5-3-4-6-20)15-22-11-19(13-27)12-23(18(22)2)24(25(28)31)21-7-10-33-16-21/h11-12,17,20-21,24H,3-10,14-16H2,1-2H3,(H2,28,31)/t17-,21?,24?/m0/s1. The van der Waals surface area contributed by atoms with Gasteiger partial charge in [-0.25, -0.2) is 0 Å². The molecular formula is C26H36N4O3. The predicted molar refractivity (Wildman–Crippen MR) is 125 cm³/mol. The average molecular weight is 453 g/mol. The van der Waals surface area contributed by atoms with Crippen molar-refractivity contribution in [1.29, 1.82) is 5.26 Å². The number of nitrogens with zero attached hydrogens (tertiary/aromatic N) is 3. The van der Waals surface area contributed by atoms with Crippen molar-refractivity contribution in [2.75, 3.05) is 32.8 Å². The van der Waals surface area contributed by atoms with Crippen molar-refractivity contribution in [3.05, 3.63) is 34.4 Å². The Morgan fingerprint density at radius 2 is 2.00 bits per heavy atom. The third-order valence-corrected chi connectivity index (χ3v) is 7.86. The van der Waals surface area contributed by atoms with Gasteiger partial charge in [-0.3, -0.25) is 14.5 Å². The van der Waals surface area contributed by atoms with Crippen LogP contribution in [0.4, 0.5) is 0 Å². The van der Waals surface area contributed by atoms with E-state index in [4.69, 9.17) is 10.5 Å². The molecule has 1 aromatic carbocycles. The third kappa shape index (κ3) is 5.07. The summed E-state index contributed by atoms with van der Waals surface area (Å²) in [5, 5.41) is 9.66. The molecule has 7 nitrogen and oxygen atoms in total. The summed E-state index contributed by atoms with van der Waals surface area (Å²) < 4.78 is 5.52. The largest absolute Gasteiger partial charge is 0.381 e. The summed E-state index contributed by atoms with van der Waals surface area (Å²) in [6, 6.07) is 6.19. The van der Waals surface area contributed by atoms with Crippen LogP contribution in [0.5, 0.6) is 0 Å². The van der Waals surface area contributed by atoms with Crippen LogP contribution >= 0.6 is 0 Å². The minimum absolute atomic E-state index is 0.0492. The summed E-state index contributed by atoms with van der Waals surface area (Å²) in [7, 11) is 0. The number of rotatable bonds is 6. The van der Waals surface area contributed by atoms with Gasteiger partial charge in [0.05, 0.1) is 24.2 Å². The highest BCUT2D eigenvalue weighted by Gasteiger charge is 2.35. The lowest BCUT2D eigenvalue weighted by molar-refractivity contribution is -0.140. The van der Waals surface area contributed by atoms with E-state index in [1.165, 1.54) is 12.8 Å². The molecule has 0 bridgehead atoms. The Hall–Kier alpha value is -2.43. The van der Waals surface area contributed by atoms with Gasteiger partial charge in [0.1, 0.15) is 0 Å². The number of carbonyl (C=O) groups excluding carboxylic acids is 2. The molecule has 3 fully saturated rings. The van der Waals surface area contributed by atoms with Gasteiger partial charge >= 0.3 is 0 Å². The van der Waals surface area contributed by atoms with Crippen LogP contribution < -0.4 is 5.73 Å². The van der Waals surface area contributed by atoms with Crippen molar-refractivity contribution in [2.24, 2.45) is 17.6 Å². The van der Waals surface area contributed by atoms with Crippen LogP contribution in [-0.4, -0.2) is 60.5 Å². The molecule has 3 atom stereocenters. The molecular weight excluding hydrogens is 416 g/mol. The van der Waals surface area contributed by atoms with E-state index in [9.17, 15) is 14.9 Å². The van der Waals surface area contributed by atoms with Gasteiger partial charge in [-0.1, -0.05) is 12.8 Å². The first kappa shape index (κ1) is 23.7. The number of ether oxygens (including phenoxy) is 1. The Morgan fingerprint density at radius 1 is 1.24 bits per heavy atom. The molecule has 2 unspecified atom stereocenters. The second-order valence-electron chi connectivity index (χ2n) is 10.1. The van der Waals surface area contributed by atoms with Gasteiger partial charge in [0, 0.05) is 50.7 Å². The van der Waals surface area contributed by atoms with Gasteiger partial charge in [0.25, 0.3) is 0 Å². The number of primary amides is 1. The molecule has 3 aliphatic rings. The van der Waals surface area contributed by atoms with E-state index in [0.29, 0.717) is 31.2 Å². The molecule has 2 saturated heterocycles. The van der Waals surface area contributed by atoms with Crippen LogP contribution in [0.1, 0.15) is 67.2 Å². The summed E-state index contributed by atoms with van der Waals surface area (Å²) in [6.45, 7) is 8.37. The zero-order chi connectivity index (χ0) is 23.5. The fourth-order valence-electron chi connectivity index (χ4n) is 5.96. The number of amides is 2. The fourth-order valence-corrected chi connectivity index (χ4v) is 5.96. The Kier molecular flexibility index (Phi) is 7.35. The minimum atomic E-state index is -0.445. The lowest BCUT2D eigenvalue weighted by Gasteiger charge is -2.41.